The van der Waals surface area contributed by atoms with Crippen LogP contribution in [0.4, 0.5) is 0 Å². The molecule has 0 amide bonds. The van der Waals surface area contributed by atoms with Crippen LogP contribution in [0.15, 0.2) is 29.4 Å². The third-order valence-corrected chi connectivity index (χ3v) is 2.19. The summed E-state index contributed by atoms with van der Waals surface area (Å²) in [6, 6.07) is 6.94. The molecule has 0 aromatic heterocycles. The lowest BCUT2D eigenvalue weighted by molar-refractivity contribution is -0.129. The molecule has 0 fully saturated rings. The fraction of sp³-hybridized carbons (Fsp3) is 0.273. The number of alkyl halides is 1. The van der Waals surface area contributed by atoms with Crippen molar-refractivity contribution in [2.45, 2.75) is 12.8 Å². The Labute approximate surface area is 98.5 Å². The molecule has 5 heteroatoms. The number of halogens is 1. The molecule has 1 rings (SSSR count). The molecule has 1 N–H and O–H groups in total. The summed E-state index contributed by atoms with van der Waals surface area (Å²) < 4.78 is 0. The van der Waals surface area contributed by atoms with Crippen molar-refractivity contribution < 1.29 is 14.7 Å². The van der Waals surface area contributed by atoms with Gasteiger partial charge in [0.15, 0.2) is 5.71 Å². The van der Waals surface area contributed by atoms with Gasteiger partial charge in [-0.05, 0) is 12.5 Å². The Bertz CT molecular complexity index is 404. The maximum absolute atomic E-state index is 11.0. The van der Waals surface area contributed by atoms with Crippen molar-refractivity contribution in [1.82, 2.24) is 0 Å². The van der Waals surface area contributed by atoms with Gasteiger partial charge in [0.05, 0.1) is 0 Å². The molecule has 0 atom stereocenters. The first-order chi connectivity index (χ1) is 7.70. The summed E-state index contributed by atoms with van der Waals surface area (Å²) in [5, 5.41) is 12.6. The minimum atomic E-state index is -1.13. The van der Waals surface area contributed by atoms with E-state index in [0.717, 1.165) is 0 Å². The highest BCUT2D eigenvalue weighted by atomic mass is 35.5. The third-order valence-electron chi connectivity index (χ3n) is 1.90. The maximum Gasteiger partial charge on any atom is 0.358 e. The van der Waals surface area contributed by atoms with E-state index in [1.165, 1.54) is 0 Å². The maximum atomic E-state index is 11.0. The number of benzene rings is 1. The summed E-state index contributed by atoms with van der Waals surface area (Å²) in [5.74, 6) is -0.903. The average Bonchev–Trinajstić information content (AvgIpc) is 2.29. The van der Waals surface area contributed by atoms with Gasteiger partial charge in [-0.1, -0.05) is 29.4 Å². The summed E-state index contributed by atoms with van der Waals surface area (Å²) in [5.41, 5.74) is 1.07. The van der Waals surface area contributed by atoms with E-state index < -0.39 is 5.97 Å². The molecule has 0 unspecified atom stereocenters. The second-order valence-corrected chi connectivity index (χ2v) is 3.22. The predicted molar refractivity (Wildman–Crippen MR) is 61.8 cm³/mol. The number of oxime groups is 1. The van der Waals surface area contributed by atoms with E-state index in [4.69, 9.17) is 21.5 Å². The zero-order valence-electron chi connectivity index (χ0n) is 8.81. The Hall–Kier alpha value is -1.55. The molecule has 0 aliphatic rings. The molecule has 1 aromatic rings. The van der Waals surface area contributed by atoms with Crippen LogP contribution in [0.25, 0.3) is 0 Å². The van der Waals surface area contributed by atoms with Crippen molar-refractivity contribution in [1.29, 1.82) is 0 Å². The van der Waals surface area contributed by atoms with Crippen LogP contribution in [-0.4, -0.2) is 23.4 Å². The molecular weight excluding hydrogens is 230 g/mol. The standard InChI is InChI=1S/C11H12ClNO3/c1-2-16-13-10(11(14)15)9-6-4-3-5-8(9)7-12/h3-6H,2,7H2,1H3,(H,14,15)/b13-10-. The van der Waals surface area contributed by atoms with Gasteiger partial charge in [0, 0.05) is 11.4 Å². The molecule has 0 aliphatic heterocycles. The predicted octanol–water partition coefficient (Wildman–Crippen LogP) is 2.25. The molecule has 0 bridgehead atoms. The van der Waals surface area contributed by atoms with Gasteiger partial charge in [-0.3, -0.25) is 0 Å². The van der Waals surface area contributed by atoms with Gasteiger partial charge in [-0.2, -0.15) is 0 Å². The number of carboxylic acids is 1. The Kier molecular flexibility index (Phi) is 4.79. The van der Waals surface area contributed by atoms with Crippen molar-refractivity contribution in [3.63, 3.8) is 0 Å². The van der Waals surface area contributed by atoms with Crippen LogP contribution in [-0.2, 0) is 15.5 Å². The summed E-state index contributed by atoms with van der Waals surface area (Å²) in [7, 11) is 0. The molecular formula is C11H12ClNO3. The van der Waals surface area contributed by atoms with Crippen molar-refractivity contribution >= 4 is 23.3 Å². The monoisotopic (exact) mass is 241 g/mol. The summed E-state index contributed by atoms with van der Waals surface area (Å²) in [4.78, 5) is 15.8. The highest BCUT2D eigenvalue weighted by Crippen LogP contribution is 2.13. The van der Waals surface area contributed by atoms with Crippen LogP contribution in [0.1, 0.15) is 18.1 Å². The lowest BCUT2D eigenvalue weighted by Gasteiger charge is -2.06. The minimum absolute atomic E-state index is 0.127. The third kappa shape index (κ3) is 2.97. The minimum Gasteiger partial charge on any atom is -0.476 e. The highest BCUT2D eigenvalue weighted by Gasteiger charge is 2.16. The first kappa shape index (κ1) is 12.5. The van der Waals surface area contributed by atoms with E-state index in [9.17, 15) is 4.79 Å². The number of carboxylic acid groups (broad SMARTS) is 1. The zero-order valence-corrected chi connectivity index (χ0v) is 9.57. The number of aliphatic carboxylic acids is 1. The van der Waals surface area contributed by atoms with E-state index in [1.807, 2.05) is 0 Å². The van der Waals surface area contributed by atoms with Gasteiger partial charge >= 0.3 is 5.97 Å². The lowest BCUT2D eigenvalue weighted by Crippen LogP contribution is -2.16. The molecule has 16 heavy (non-hydrogen) atoms. The Morgan fingerprint density at radius 3 is 2.75 bits per heavy atom. The highest BCUT2D eigenvalue weighted by molar-refractivity contribution is 6.43. The normalized spacial score (nSPS) is 11.2. The van der Waals surface area contributed by atoms with Crippen LogP contribution in [0.3, 0.4) is 0 Å². The second kappa shape index (κ2) is 6.12. The van der Waals surface area contributed by atoms with Crippen LogP contribution in [0.5, 0.6) is 0 Å². The topological polar surface area (TPSA) is 58.9 Å². The van der Waals surface area contributed by atoms with Crippen molar-refractivity contribution in [3.8, 4) is 0 Å². The van der Waals surface area contributed by atoms with Crippen LogP contribution in [0, 0.1) is 0 Å². The summed E-state index contributed by atoms with van der Waals surface area (Å²) in [6.07, 6.45) is 0. The van der Waals surface area contributed by atoms with Crippen LogP contribution < -0.4 is 0 Å². The number of nitrogens with zero attached hydrogens (tertiary/aromatic N) is 1. The fourth-order valence-electron chi connectivity index (χ4n) is 1.20. The van der Waals surface area contributed by atoms with Crippen LogP contribution >= 0.6 is 11.6 Å². The van der Waals surface area contributed by atoms with Crippen molar-refractivity contribution in [2.75, 3.05) is 6.61 Å². The molecule has 0 saturated carbocycles. The largest absolute Gasteiger partial charge is 0.476 e. The van der Waals surface area contributed by atoms with Gasteiger partial charge in [0.1, 0.15) is 6.61 Å². The first-order valence-corrected chi connectivity index (χ1v) is 5.31. The molecule has 0 saturated heterocycles. The molecule has 1 aromatic carbocycles. The molecule has 0 aliphatic carbocycles. The van der Waals surface area contributed by atoms with Crippen molar-refractivity contribution in [3.05, 3.63) is 35.4 Å². The van der Waals surface area contributed by atoms with E-state index in [1.54, 1.807) is 31.2 Å². The number of rotatable bonds is 5. The van der Waals surface area contributed by atoms with E-state index in [0.29, 0.717) is 17.7 Å². The van der Waals surface area contributed by atoms with Gasteiger partial charge < -0.3 is 9.94 Å². The smallest absolute Gasteiger partial charge is 0.358 e. The van der Waals surface area contributed by atoms with Gasteiger partial charge in [-0.15, -0.1) is 11.6 Å². The Morgan fingerprint density at radius 1 is 1.50 bits per heavy atom. The SMILES string of the molecule is CCO/N=C(\C(=O)O)c1ccccc1CCl. The molecule has 86 valence electrons. The number of hydrogen-bond acceptors (Lipinski definition) is 3. The number of carbonyl (C=O) groups is 1. The van der Waals surface area contributed by atoms with Gasteiger partial charge in [0.25, 0.3) is 0 Å². The molecule has 0 heterocycles. The van der Waals surface area contributed by atoms with E-state index >= 15 is 0 Å². The Morgan fingerprint density at radius 2 is 2.19 bits per heavy atom. The molecule has 0 radical (unpaired) electrons. The van der Waals surface area contributed by atoms with Gasteiger partial charge in [0.2, 0.25) is 0 Å². The summed E-state index contributed by atoms with van der Waals surface area (Å²) >= 11 is 5.73. The summed E-state index contributed by atoms with van der Waals surface area (Å²) in [6.45, 7) is 2.05. The second-order valence-electron chi connectivity index (χ2n) is 2.95. The fourth-order valence-corrected chi connectivity index (χ4v) is 1.43. The lowest BCUT2D eigenvalue weighted by atomic mass is 10.0. The first-order valence-electron chi connectivity index (χ1n) is 4.78. The Balaban J connectivity index is 3.15. The van der Waals surface area contributed by atoms with Crippen molar-refractivity contribution in [2.24, 2.45) is 5.16 Å². The zero-order chi connectivity index (χ0) is 12.0. The number of hydrogen-bond donors (Lipinski definition) is 1. The quantitative estimate of drug-likeness (QED) is 0.489. The van der Waals surface area contributed by atoms with Gasteiger partial charge in [-0.25, -0.2) is 4.79 Å². The molecule has 0 spiro atoms. The van der Waals surface area contributed by atoms with E-state index in [-0.39, 0.29) is 11.6 Å². The average molecular weight is 242 g/mol. The molecule has 4 nitrogen and oxygen atoms in total. The van der Waals surface area contributed by atoms with Crippen LogP contribution in [0.2, 0.25) is 0 Å². The van der Waals surface area contributed by atoms with E-state index in [2.05, 4.69) is 5.16 Å².